The van der Waals surface area contributed by atoms with Crippen molar-refractivity contribution in [2.75, 3.05) is 38.6 Å². The lowest BCUT2D eigenvalue weighted by Crippen LogP contribution is -2.38. The Morgan fingerprint density at radius 3 is 2.68 bits per heavy atom. The third kappa shape index (κ3) is 3.64. The van der Waals surface area contributed by atoms with Crippen LogP contribution < -0.4 is 10.6 Å². The Balaban J connectivity index is 2.01. The molecule has 1 aliphatic rings. The van der Waals surface area contributed by atoms with Crippen LogP contribution in [0.1, 0.15) is 18.4 Å². The quantitative estimate of drug-likeness (QED) is 0.896. The van der Waals surface area contributed by atoms with Crippen molar-refractivity contribution in [3.63, 3.8) is 0 Å². The molecule has 0 unspecified atom stereocenters. The minimum absolute atomic E-state index is 0.313. The summed E-state index contributed by atoms with van der Waals surface area (Å²) in [5.74, 6) is 1.28. The second kappa shape index (κ2) is 6.30. The van der Waals surface area contributed by atoms with E-state index in [4.69, 9.17) is 5.73 Å². The molecule has 2 N–H and O–H groups in total. The van der Waals surface area contributed by atoms with Crippen LogP contribution in [0.5, 0.6) is 0 Å². The van der Waals surface area contributed by atoms with Crippen molar-refractivity contribution in [1.82, 2.24) is 9.88 Å². The molecule has 1 aromatic rings. The maximum Gasteiger partial charge on any atom is 0.141 e. The highest BCUT2D eigenvalue weighted by Crippen LogP contribution is 2.25. The van der Waals surface area contributed by atoms with Gasteiger partial charge < -0.3 is 15.5 Å². The van der Waals surface area contributed by atoms with Gasteiger partial charge in [0.2, 0.25) is 0 Å². The van der Waals surface area contributed by atoms with E-state index in [9.17, 15) is 4.39 Å². The molecule has 0 aliphatic carbocycles. The molecule has 19 heavy (non-hydrogen) atoms. The average Bonchev–Trinajstić information content (AvgIpc) is 2.39. The summed E-state index contributed by atoms with van der Waals surface area (Å²) < 4.78 is 13.2. The summed E-state index contributed by atoms with van der Waals surface area (Å²) >= 11 is 0. The van der Waals surface area contributed by atoms with Crippen molar-refractivity contribution in [2.24, 2.45) is 11.7 Å². The van der Waals surface area contributed by atoms with Gasteiger partial charge in [0.15, 0.2) is 0 Å². The summed E-state index contributed by atoms with van der Waals surface area (Å²) in [5.41, 5.74) is 6.48. The van der Waals surface area contributed by atoms with E-state index in [1.54, 1.807) is 0 Å². The highest BCUT2D eigenvalue weighted by molar-refractivity contribution is 5.47. The van der Waals surface area contributed by atoms with Crippen LogP contribution >= 0.6 is 0 Å². The maximum atomic E-state index is 13.2. The summed E-state index contributed by atoms with van der Waals surface area (Å²) in [6.45, 7) is 3.42. The molecule has 1 saturated heterocycles. The van der Waals surface area contributed by atoms with Gasteiger partial charge in [-0.15, -0.1) is 0 Å². The van der Waals surface area contributed by atoms with Gasteiger partial charge in [0, 0.05) is 31.7 Å². The number of pyridine rings is 1. The number of hydrogen-bond donors (Lipinski definition) is 1. The molecule has 0 amide bonds. The topological polar surface area (TPSA) is 45.4 Å². The van der Waals surface area contributed by atoms with Crippen molar-refractivity contribution in [2.45, 2.75) is 19.4 Å². The summed E-state index contributed by atoms with van der Waals surface area (Å²) in [4.78, 5) is 8.69. The number of piperidine rings is 1. The number of anilines is 1. The third-order valence-electron chi connectivity index (χ3n) is 3.67. The molecule has 0 atom stereocenters. The maximum absolute atomic E-state index is 13.2. The number of hydrogen-bond acceptors (Lipinski definition) is 4. The molecule has 0 saturated carbocycles. The lowest BCUT2D eigenvalue weighted by Gasteiger charge is -2.34. The second-order valence-corrected chi connectivity index (χ2v) is 5.53. The summed E-state index contributed by atoms with van der Waals surface area (Å²) in [5, 5.41) is 0. The van der Waals surface area contributed by atoms with Crippen molar-refractivity contribution in [1.29, 1.82) is 0 Å². The van der Waals surface area contributed by atoms with Crippen LogP contribution in [0.15, 0.2) is 12.3 Å². The Hall–Kier alpha value is -1.20. The summed E-state index contributed by atoms with van der Waals surface area (Å²) in [6.07, 6.45) is 3.59. The molecule has 0 spiro atoms. The van der Waals surface area contributed by atoms with E-state index in [1.165, 1.54) is 12.3 Å². The Kier molecular flexibility index (Phi) is 4.71. The standard InChI is InChI=1S/C14H23FN4/c1-18(2)10-11-3-5-19(6-4-11)14-12(8-16)7-13(15)9-17-14/h7,9,11H,3-6,8,10,16H2,1-2H3. The van der Waals surface area contributed by atoms with Crippen molar-refractivity contribution in [3.05, 3.63) is 23.6 Å². The van der Waals surface area contributed by atoms with Crippen molar-refractivity contribution in [3.8, 4) is 0 Å². The molecule has 106 valence electrons. The fraction of sp³-hybridized carbons (Fsp3) is 0.643. The number of aromatic nitrogens is 1. The van der Waals surface area contributed by atoms with E-state index in [0.29, 0.717) is 6.54 Å². The predicted molar refractivity (Wildman–Crippen MR) is 75.6 cm³/mol. The van der Waals surface area contributed by atoms with E-state index in [1.807, 2.05) is 0 Å². The van der Waals surface area contributed by atoms with Gasteiger partial charge in [-0.2, -0.15) is 0 Å². The average molecular weight is 266 g/mol. The molecule has 5 heteroatoms. The molecule has 0 aromatic carbocycles. The zero-order valence-corrected chi connectivity index (χ0v) is 11.8. The van der Waals surface area contributed by atoms with Crippen LogP contribution in [-0.4, -0.2) is 43.6 Å². The highest BCUT2D eigenvalue weighted by atomic mass is 19.1. The molecule has 1 fully saturated rings. The van der Waals surface area contributed by atoms with E-state index in [-0.39, 0.29) is 5.82 Å². The minimum Gasteiger partial charge on any atom is -0.356 e. The van der Waals surface area contributed by atoms with Crippen molar-refractivity contribution >= 4 is 5.82 Å². The first-order chi connectivity index (χ1) is 9.10. The molecule has 2 rings (SSSR count). The van der Waals surface area contributed by atoms with Crippen molar-refractivity contribution < 1.29 is 4.39 Å². The molecule has 4 nitrogen and oxygen atoms in total. The van der Waals surface area contributed by atoms with Gasteiger partial charge in [0.05, 0.1) is 6.20 Å². The van der Waals surface area contributed by atoms with Crippen LogP contribution in [0.4, 0.5) is 10.2 Å². The highest BCUT2D eigenvalue weighted by Gasteiger charge is 2.22. The molecule has 1 aromatic heterocycles. The fourth-order valence-corrected chi connectivity index (χ4v) is 2.75. The summed E-state index contributed by atoms with van der Waals surface area (Å²) in [7, 11) is 4.22. The zero-order valence-electron chi connectivity index (χ0n) is 11.8. The van der Waals surface area contributed by atoms with Gasteiger partial charge >= 0.3 is 0 Å². The van der Waals surface area contributed by atoms with Gasteiger partial charge in [-0.1, -0.05) is 0 Å². The van der Waals surface area contributed by atoms with Gasteiger partial charge in [-0.3, -0.25) is 0 Å². The van der Waals surface area contributed by atoms with E-state index >= 15 is 0 Å². The van der Waals surface area contributed by atoms with Crippen LogP contribution in [0.2, 0.25) is 0 Å². The smallest absolute Gasteiger partial charge is 0.141 e. The van der Waals surface area contributed by atoms with Gasteiger partial charge in [-0.25, -0.2) is 9.37 Å². The van der Waals surface area contributed by atoms with Crippen LogP contribution in [0.25, 0.3) is 0 Å². The van der Waals surface area contributed by atoms with Crippen LogP contribution in [0.3, 0.4) is 0 Å². The fourth-order valence-electron chi connectivity index (χ4n) is 2.75. The Bertz CT molecular complexity index is 414. The molecule has 0 radical (unpaired) electrons. The van der Waals surface area contributed by atoms with E-state index in [0.717, 1.165) is 49.8 Å². The first-order valence-electron chi connectivity index (χ1n) is 6.84. The molecular weight excluding hydrogens is 243 g/mol. The lowest BCUT2D eigenvalue weighted by molar-refractivity contribution is 0.284. The van der Waals surface area contributed by atoms with E-state index in [2.05, 4.69) is 28.9 Å². The molecular formula is C14H23FN4. The third-order valence-corrected chi connectivity index (χ3v) is 3.67. The monoisotopic (exact) mass is 266 g/mol. The number of nitrogens with two attached hydrogens (primary N) is 1. The number of rotatable bonds is 4. The normalized spacial score (nSPS) is 17.2. The SMILES string of the molecule is CN(C)CC1CCN(c2ncc(F)cc2CN)CC1. The first kappa shape index (κ1) is 14.2. The Labute approximate surface area is 114 Å². The van der Waals surface area contributed by atoms with Crippen LogP contribution in [-0.2, 0) is 6.54 Å². The van der Waals surface area contributed by atoms with Gasteiger partial charge in [0.1, 0.15) is 11.6 Å². The van der Waals surface area contributed by atoms with E-state index < -0.39 is 0 Å². The zero-order chi connectivity index (χ0) is 13.8. The first-order valence-corrected chi connectivity index (χ1v) is 6.84. The molecule has 2 heterocycles. The largest absolute Gasteiger partial charge is 0.356 e. The molecule has 0 bridgehead atoms. The lowest BCUT2D eigenvalue weighted by atomic mass is 9.96. The number of halogens is 1. The predicted octanol–water partition coefficient (Wildman–Crippen LogP) is 1.46. The molecule has 1 aliphatic heterocycles. The summed E-state index contributed by atoms with van der Waals surface area (Å²) in [6, 6.07) is 1.49. The van der Waals surface area contributed by atoms with Gasteiger partial charge in [0.25, 0.3) is 0 Å². The van der Waals surface area contributed by atoms with Crippen LogP contribution in [0, 0.1) is 11.7 Å². The number of nitrogens with zero attached hydrogens (tertiary/aromatic N) is 3. The Morgan fingerprint density at radius 1 is 1.42 bits per heavy atom. The Morgan fingerprint density at radius 2 is 2.11 bits per heavy atom. The second-order valence-electron chi connectivity index (χ2n) is 5.53. The van der Waals surface area contributed by atoms with Gasteiger partial charge in [-0.05, 0) is 38.9 Å². The minimum atomic E-state index is -0.313.